The first-order valence-electron chi connectivity index (χ1n) is 8.63. The van der Waals surface area contributed by atoms with E-state index in [9.17, 15) is 18.0 Å². The number of carbonyl (C=O) groups excluding carboxylic acids is 2. The predicted molar refractivity (Wildman–Crippen MR) is 108 cm³/mol. The second kappa shape index (κ2) is 8.31. The number of fused-ring (bicyclic) bond motifs is 1. The number of carbonyl (C=O) groups is 2. The number of rotatable bonds is 6. The van der Waals surface area contributed by atoms with E-state index in [4.69, 9.17) is 4.74 Å². The van der Waals surface area contributed by atoms with Crippen molar-refractivity contribution >= 4 is 49.9 Å². The van der Waals surface area contributed by atoms with E-state index in [2.05, 4.69) is 5.32 Å². The van der Waals surface area contributed by atoms with Crippen LogP contribution >= 0.6 is 11.8 Å². The minimum Gasteiger partial charge on any atom is -0.452 e. The van der Waals surface area contributed by atoms with E-state index in [0.29, 0.717) is 12.1 Å². The molecule has 0 spiro atoms. The number of sulfone groups is 1. The van der Waals surface area contributed by atoms with E-state index in [0.717, 1.165) is 10.8 Å². The molecule has 1 aliphatic heterocycles. The van der Waals surface area contributed by atoms with Crippen LogP contribution in [0, 0.1) is 0 Å². The fourth-order valence-electron chi connectivity index (χ4n) is 2.87. The fourth-order valence-corrected chi connectivity index (χ4v) is 6.30. The lowest BCUT2D eigenvalue weighted by Crippen LogP contribution is -2.30. The third-order valence-corrected chi connectivity index (χ3v) is 7.58. The number of hydrogen-bond acceptors (Lipinski definition) is 6. The zero-order valence-electron chi connectivity index (χ0n) is 14.9. The third kappa shape index (κ3) is 5.46. The van der Waals surface area contributed by atoms with Crippen LogP contribution in [0.2, 0.25) is 0 Å². The summed E-state index contributed by atoms with van der Waals surface area (Å²) in [4.78, 5) is 24.2. The molecule has 144 valence electrons. The summed E-state index contributed by atoms with van der Waals surface area (Å²) >= 11 is 1.27. The highest BCUT2D eigenvalue weighted by atomic mass is 32.2. The molecule has 0 saturated carbocycles. The fraction of sp³-hybridized carbons (Fsp3) is 0.368. The lowest BCUT2D eigenvalue weighted by molar-refractivity contribution is -0.150. The number of benzene rings is 2. The average molecular weight is 408 g/mol. The Morgan fingerprint density at radius 2 is 1.96 bits per heavy atom. The van der Waals surface area contributed by atoms with Gasteiger partial charge in [-0.3, -0.25) is 9.59 Å². The second-order valence-electron chi connectivity index (χ2n) is 6.52. The highest BCUT2D eigenvalue weighted by molar-refractivity contribution is 8.02. The van der Waals surface area contributed by atoms with Gasteiger partial charge >= 0.3 is 5.97 Å². The van der Waals surface area contributed by atoms with Crippen molar-refractivity contribution < 1.29 is 22.7 Å². The minimum absolute atomic E-state index is 0.0355. The maximum absolute atomic E-state index is 12.3. The van der Waals surface area contributed by atoms with Crippen molar-refractivity contribution in [1.29, 1.82) is 0 Å². The van der Waals surface area contributed by atoms with Crippen molar-refractivity contribution in [2.24, 2.45) is 0 Å². The highest BCUT2D eigenvalue weighted by Gasteiger charge is 2.29. The van der Waals surface area contributed by atoms with Gasteiger partial charge in [-0.25, -0.2) is 8.42 Å². The molecule has 6 nitrogen and oxygen atoms in total. The Kier molecular flexibility index (Phi) is 6.06. The van der Waals surface area contributed by atoms with Gasteiger partial charge in [0.05, 0.1) is 17.3 Å². The summed E-state index contributed by atoms with van der Waals surface area (Å²) in [6, 6.07) is 13.4. The zero-order chi connectivity index (χ0) is 19.4. The molecular formula is C19H21NO5S2. The maximum Gasteiger partial charge on any atom is 0.316 e. The number of esters is 1. The summed E-state index contributed by atoms with van der Waals surface area (Å²) in [6.07, 6.45) is -0.380. The smallest absolute Gasteiger partial charge is 0.316 e. The summed E-state index contributed by atoms with van der Waals surface area (Å²) in [7, 11) is -2.97. The molecule has 8 heteroatoms. The van der Waals surface area contributed by atoms with E-state index in [1.165, 1.54) is 18.7 Å². The zero-order valence-corrected chi connectivity index (χ0v) is 16.5. The summed E-state index contributed by atoms with van der Waals surface area (Å²) in [5, 5.41) is 4.74. The summed E-state index contributed by atoms with van der Waals surface area (Å²) < 4.78 is 28.0. The molecule has 0 bridgehead atoms. The van der Waals surface area contributed by atoms with Gasteiger partial charge in [-0.15, -0.1) is 11.8 Å². The van der Waals surface area contributed by atoms with Gasteiger partial charge in [0.1, 0.15) is 0 Å². The molecule has 0 aromatic heterocycles. The molecule has 27 heavy (non-hydrogen) atoms. The normalized spacial score (nSPS) is 19.5. The number of thioether (sulfide) groups is 1. The Labute approximate surface area is 162 Å². The van der Waals surface area contributed by atoms with Crippen LogP contribution in [0.4, 0.5) is 5.69 Å². The van der Waals surface area contributed by atoms with E-state index in [1.54, 1.807) is 6.07 Å². The van der Waals surface area contributed by atoms with Gasteiger partial charge in [-0.1, -0.05) is 30.3 Å². The first-order chi connectivity index (χ1) is 12.8. The van der Waals surface area contributed by atoms with Crippen molar-refractivity contribution in [3.63, 3.8) is 0 Å². The molecule has 0 radical (unpaired) electrons. The van der Waals surface area contributed by atoms with Gasteiger partial charge in [0.15, 0.2) is 15.9 Å². The van der Waals surface area contributed by atoms with Crippen LogP contribution < -0.4 is 5.32 Å². The van der Waals surface area contributed by atoms with Crippen molar-refractivity contribution in [2.45, 2.75) is 24.7 Å². The van der Waals surface area contributed by atoms with Crippen molar-refractivity contribution in [1.82, 2.24) is 0 Å². The number of ether oxygens (including phenoxy) is 1. The molecule has 1 heterocycles. The van der Waals surface area contributed by atoms with Crippen LogP contribution in [-0.2, 0) is 24.2 Å². The van der Waals surface area contributed by atoms with Crippen LogP contribution in [0.5, 0.6) is 0 Å². The lowest BCUT2D eigenvalue weighted by Gasteiger charge is -2.14. The Morgan fingerprint density at radius 1 is 1.22 bits per heavy atom. The standard InChI is InChI=1S/C19H21NO5S2/c1-13(25-18(21)11-26-17-8-9-27(23,24)12-17)19(22)20-16-7-6-14-4-2-3-5-15(14)10-16/h2-7,10,13,17H,8-9,11-12H2,1H3,(H,20,22)/t13-,17-/m1/s1. The second-order valence-corrected chi connectivity index (χ2v) is 10.0. The SMILES string of the molecule is C[C@@H](OC(=O)CS[C@@H]1CCS(=O)(=O)C1)C(=O)Nc1ccc2ccccc2c1. The molecule has 1 saturated heterocycles. The monoisotopic (exact) mass is 407 g/mol. The molecule has 1 aliphatic rings. The van der Waals surface area contributed by atoms with E-state index >= 15 is 0 Å². The van der Waals surface area contributed by atoms with E-state index in [1.807, 2.05) is 36.4 Å². The lowest BCUT2D eigenvalue weighted by atomic mass is 10.1. The predicted octanol–water partition coefficient (Wildman–Crippen LogP) is 2.63. The molecule has 2 aromatic carbocycles. The highest BCUT2D eigenvalue weighted by Crippen LogP contribution is 2.24. The summed E-state index contributed by atoms with van der Waals surface area (Å²) in [5.74, 6) is -0.626. The Morgan fingerprint density at radius 3 is 2.67 bits per heavy atom. The molecule has 1 N–H and O–H groups in total. The van der Waals surface area contributed by atoms with Crippen LogP contribution in [0.1, 0.15) is 13.3 Å². The van der Waals surface area contributed by atoms with Crippen molar-refractivity contribution in [3.05, 3.63) is 42.5 Å². The first kappa shape index (κ1) is 19.7. The molecule has 1 fully saturated rings. The first-order valence-corrected chi connectivity index (χ1v) is 11.5. The minimum atomic E-state index is -2.97. The number of amides is 1. The number of hydrogen-bond donors (Lipinski definition) is 1. The Hall–Kier alpha value is -2.06. The summed E-state index contributed by atoms with van der Waals surface area (Å²) in [6.45, 7) is 1.51. The Bertz CT molecular complexity index is 957. The van der Waals surface area contributed by atoms with Gasteiger partial charge < -0.3 is 10.1 Å². The van der Waals surface area contributed by atoms with Crippen LogP contribution in [0.25, 0.3) is 10.8 Å². The molecule has 3 rings (SSSR count). The van der Waals surface area contributed by atoms with E-state index in [-0.39, 0.29) is 22.5 Å². The quantitative estimate of drug-likeness (QED) is 0.741. The Balaban J connectivity index is 1.48. The van der Waals surface area contributed by atoms with Gasteiger partial charge in [0.2, 0.25) is 0 Å². The summed E-state index contributed by atoms with van der Waals surface area (Å²) in [5.41, 5.74) is 0.632. The number of anilines is 1. The van der Waals surface area contributed by atoms with Crippen molar-refractivity contribution in [3.8, 4) is 0 Å². The largest absolute Gasteiger partial charge is 0.452 e. The molecule has 1 amide bonds. The molecule has 2 atom stereocenters. The van der Waals surface area contributed by atoms with Gasteiger partial charge in [0.25, 0.3) is 5.91 Å². The van der Waals surface area contributed by atoms with Gasteiger partial charge in [-0.2, -0.15) is 0 Å². The van der Waals surface area contributed by atoms with Crippen LogP contribution in [0.15, 0.2) is 42.5 Å². The van der Waals surface area contributed by atoms with Crippen LogP contribution in [0.3, 0.4) is 0 Å². The van der Waals surface area contributed by atoms with Gasteiger partial charge in [0, 0.05) is 10.9 Å². The van der Waals surface area contributed by atoms with Crippen molar-refractivity contribution in [2.75, 3.05) is 22.6 Å². The maximum atomic E-state index is 12.3. The molecule has 2 aromatic rings. The average Bonchev–Trinajstić information content (AvgIpc) is 2.98. The third-order valence-electron chi connectivity index (χ3n) is 4.32. The molecule has 0 unspecified atom stereocenters. The molecule has 0 aliphatic carbocycles. The number of nitrogens with one attached hydrogen (secondary N) is 1. The molecular weight excluding hydrogens is 386 g/mol. The topological polar surface area (TPSA) is 89.5 Å². The van der Waals surface area contributed by atoms with E-state index < -0.39 is 27.8 Å². The van der Waals surface area contributed by atoms with Crippen LogP contribution in [-0.4, -0.2) is 48.9 Å². The van der Waals surface area contributed by atoms with Gasteiger partial charge in [-0.05, 0) is 36.2 Å².